The van der Waals surface area contributed by atoms with Crippen molar-refractivity contribution in [2.45, 2.75) is 25.7 Å². The van der Waals surface area contributed by atoms with Crippen LogP contribution in [0.15, 0.2) is 67.4 Å². The van der Waals surface area contributed by atoms with Gasteiger partial charge in [-0.3, -0.25) is 9.41 Å². The molecular weight excluding hydrogens is 409 g/mol. The van der Waals surface area contributed by atoms with Crippen molar-refractivity contribution in [1.82, 2.24) is 0 Å². The molecule has 2 aliphatic carbocycles. The summed E-state index contributed by atoms with van der Waals surface area (Å²) in [5.41, 5.74) is 3.11. The molecule has 3 heteroatoms. The Morgan fingerprint density at radius 3 is 1.68 bits per heavy atom. The average molecular weight is 429 g/mol. The van der Waals surface area contributed by atoms with E-state index < -0.39 is 22.9 Å². The summed E-state index contributed by atoms with van der Waals surface area (Å²) < 4.78 is 3.54. The quantitative estimate of drug-likeness (QED) is 0.414. The predicted octanol–water partition coefficient (Wildman–Crippen LogP) is 4.95. The maximum absolute atomic E-state index is 3.85. The van der Waals surface area contributed by atoms with Crippen LogP contribution in [0, 0.1) is 0 Å². The summed E-state index contributed by atoms with van der Waals surface area (Å²) in [4.78, 5) is 0. The third-order valence-corrected chi connectivity index (χ3v) is 9.03. The van der Waals surface area contributed by atoms with Gasteiger partial charge in [-0.05, 0) is 0 Å². The second-order valence-electron chi connectivity index (χ2n) is 4.33. The first kappa shape index (κ1) is 18.2. The van der Waals surface area contributed by atoms with Gasteiger partial charge in [0.15, 0.2) is 0 Å². The molecule has 0 saturated heterocycles. The van der Waals surface area contributed by atoms with E-state index in [1.54, 1.807) is 17.8 Å². The van der Waals surface area contributed by atoms with Gasteiger partial charge in [0.25, 0.3) is 0 Å². The minimum Gasteiger partial charge on any atom is -0.269 e. The molecule has 0 unspecified atom stereocenters. The Morgan fingerprint density at radius 1 is 0.895 bits per heavy atom. The molecule has 0 fully saturated rings. The third kappa shape index (κ3) is 4.64. The SMILES string of the molecule is C=CCC1=[C]([Hf][C]2=C(CC=C)C=CC2)CC=C1.F.F. The van der Waals surface area contributed by atoms with Gasteiger partial charge in [0.1, 0.15) is 0 Å². The summed E-state index contributed by atoms with van der Waals surface area (Å²) in [6, 6.07) is 0. The number of rotatable bonds is 6. The van der Waals surface area contributed by atoms with Gasteiger partial charge in [-0.25, -0.2) is 0 Å². The molecule has 0 heterocycles. The van der Waals surface area contributed by atoms with Crippen LogP contribution < -0.4 is 0 Å². The topological polar surface area (TPSA) is 0 Å². The molecule has 0 aromatic carbocycles. The zero-order valence-corrected chi connectivity index (χ0v) is 14.6. The summed E-state index contributed by atoms with van der Waals surface area (Å²) in [6.07, 6.45) is 17.8. The van der Waals surface area contributed by atoms with Crippen LogP contribution in [-0.2, 0) is 22.9 Å². The molecule has 0 radical (unpaired) electrons. The second-order valence-corrected chi connectivity index (χ2v) is 9.57. The summed E-state index contributed by atoms with van der Waals surface area (Å²) >= 11 is -0.778. The Labute approximate surface area is 125 Å². The fraction of sp³-hybridized carbons (Fsp3) is 0.250. The normalized spacial score (nSPS) is 16.2. The predicted molar refractivity (Wildman–Crippen MR) is 76.2 cm³/mol. The Bertz CT molecular complexity index is 411. The van der Waals surface area contributed by atoms with Crippen LogP contribution in [0.3, 0.4) is 0 Å². The summed E-state index contributed by atoms with van der Waals surface area (Å²) in [5, 5.41) is 0. The van der Waals surface area contributed by atoms with Gasteiger partial charge in [0.2, 0.25) is 0 Å². The average Bonchev–Trinajstić information content (AvgIpc) is 2.92. The fourth-order valence-electron chi connectivity index (χ4n) is 2.24. The fourth-order valence-corrected chi connectivity index (χ4v) is 7.61. The van der Waals surface area contributed by atoms with Gasteiger partial charge in [0.05, 0.1) is 0 Å². The molecule has 0 aromatic heterocycles. The first-order valence-corrected chi connectivity index (χ1v) is 9.70. The number of allylic oxidation sites excluding steroid dienone is 10. The molecule has 0 saturated carbocycles. The zero-order chi connectivity index (χ0) is 12.1. The molecule has 2 rings (SSSR count). The summed E-state index contributed by atoms with van der Waals surface area (Å²) in [7, 11) is 0. The largest absolute Gasteiger partial charge is 0.269 e. The van der Waals surface area contributed by atoms with Gasteiger partial charge in [-0.15, -0.1) is 0 Å². The molecule has 19 heavy (non-hydrogen) atoms. The van der Waals surface area contributed by atoms with Gasteiger partial charge < -0.3 is 0 Å². The van der Waals surface area contributed by atoms with Gasteiger partial charge in [-0.1, -0.05) is 0 Å². The summed E-state index contributed by atoms with van der Waals surface area (Å²) in [5.74, 6) is 0. The summed E-state index contributed by atoms with van der Waals surface area (Å²) in [6.45, 7) is 7.70. The van der Waals surface area contributed by atoms with Crippen LogP contribution >= 0.6 is 0 Å². The molecule has 102 valence electrons. The van der Waals surface area contributed by atoms with Crippen LogP contribution in [0.25, 0.3) is 0 Å². The van der Waals surface area contributed by atoms with E-state index >= 15 is 0 Å². The van der Waals surface area contributed by atoms with Crippen molar-refractivity contribution in [3.63, 3.8) is 0 Å². The maximum atomic E-state index is 3.85. The maximum Gasteiger partial charge on any atom is -0.269 e. The second kappa shape index (κ2) is 9.13. The van der Waals surface area contributed by atoms with E-state index in [1.165, 1.54) is 12.8 Å². The molecule has 2 aliphatic rings. The van der Waals surface area contributed by atoms with Crippen molar-refractivity contribution in [3.8, 4) is 0 Å². The molecular formula is C16H20F2Hf. The third-order valence-electron chi connectivity index (χ3n) is 3.09. The Morgan fingerprint density at radius 2 is 1.32 bits per heavy atom. The van der Waals surface area contributed by atoms with Crippen molar-refractivity contribution in [3.05, 3.63) is 67.4 Å². The van der Waals surface area contributed by atoms with E-state index in [-0.39, 0.29) is 9.41 Å². The molecule has 0 nitrogen and oxygen atoms in total. The molecule has 0 bridgehead atoms. The van der Waals surface area contributed by atoms with E-state index in [2.05, 4.69) is 37.5 Å². The number of halogens is 2. The molecule has 0 aliphatic heterocycles. The number of hydrogen-bond donors (Lipinski definition) is 0. The monoisotopic (exact) mass is 430 g/mol. The number of hydrogen-bond acceptors (Lipinski definition) is 0. The van der Waals surface area contributed by atoms with Crippen molar-refractivity contribution in [1.29, 1.82) is 0 Å². The molecule has 0 amide bonds. The van der Waals surface area contributed by atoms with Crippen LogP contribution in [0.4, 0.5) is 9.41 Å². The molecule has 0 N–H and O–H groups in total. The molecule has 0 aromatic rings. The van der Waals surface area contributed by atoms with Crippen LogP contribution in [0.2, 0.25) is 0 Å². The van der Waals surface area contributed by atoms with Crippen molar-refractivity contribution in [2.75, 3.05) is 0 Å². The van der Waals surface area contributed by atoms with Crippen LogP contribution in [-0.4, -0.2) is 0 Å². The van der Waals surface area contributed by atoms with Crippen molar-refractivity contribution >= 4 is 0 Å². The van der Waals surface area contributed by atoms with Crippen LogP contribution in [0.5, 0.6) is 0 Å². The first-order valence-electron chi connectivity index (χ1n) is 6.11. The van der Waals surface area contributed by atoms with E-state index in [0.29, 0.717) is 0 Å². The van der Waals surface area contributed by atoms with Gasteiger partial charge in [-0.2, -0.15) is 0 Å². The zero-order valence-electron chi connectivity index (χ0n) is 11.0. The van der Waals surface area contributed by atoms with E-state index in [4.69, 9.17) is 0 Å². The molecule has 0 atom stereocenters. The molecule has 0 spiro atoms. The minimum absolute atomic E-state index is 0. The standard InChI is InChI=1S/2C8H9.2FH.Hf/c2*1-2-5-8-6-3-4-7-8;;;/h2*2-3,6H,1,4-5H2;2*1H;. The minimum atomic E-state index is -0.778. The smallest absolute Gasteiger partial charge is 0.269 e. The van der Waals surface area contributed by atoms with Crippen molar-refractivity contribution < 1.29 is 32.3 Å². The Hall–Kier alpha value is -0.830. The Kier molecular flexibility index (Phi) is 8.74. The van der Waals surface area contributed by atoms with E-state index in [1.807, 2.05) is 12.2 Å². The van der Waals surface area contributed by atoms with E-state index in [0.717, 1.165) is 12.8 Å². The van der Waals surface area contributed by atoms with Crippen LogP contribution in [0.1, 0.15) is 25.7 Å². The van der Waals surface area contributed by atoms with Gasteiger partial charge >= 0.3 is 116 Å². The van der Waals surface area contributed by atoms with E-state index in [9.17, 15) is 0 Å². The Balaban J connectivity index is 0.00000162. The first-order chi connectivity index (χ1) is 8.35. The van der Waals surface area contributed by atoms with Gasteiger partial charge in [0, 0.05) is 0 Å². The van der Waals surface area contributed by atoms with Crippen molar-refractivity contribution in [2.24, 2.45) is 0 Å².